The number of para-hydroxylation sites is 1. The van der Waals surface area contributed by atoms with Crippen molar-refractivity contribution in [2.24, 2.45) is 5.92 Å². The molecule has 32 heavy (non-hydrogen) atoms. The topological polar surface area (TPSA) is 36.9 Å². The van der Waals surface area contributed by atoms with E-state index < -0.39 is 5.97 Å². The molecule has 186 valence electrons. The maximum Gasteiger partial charge on any atom is 0.286 e. The Bertz CT molecular complexity index is 591. The van der Waals surface area contributed by atoms with Crippen LogP contribution in [0.4, 0.5) is 0 Å². The highest BCUT2D eigenvalue weighted by atomic mass is 16.9. The highest BCUT2D eigenvalue weighted by molar-refractivity contribution is 5.37. The van der Waals surface area contributed by atoms with E-state index in [2.05, 4.69) is 52.8 Å². The second-order valence-electron chi connectivity index (χ2n) is 9.61. The van der Waals surface area contributed by atoms with Crippen LogP contribution in [0.1, 0.15) is 112 Å². The highest BCUT2D eigenvalue weighted by Gasteiger charge is 2.45. The van der Waals surface area contributed by atoms with Gasteiger partial charge in [0, 0.05) is 25.7 Å². The average Bonchev–Trinajstić information content (AvgIpc) is 2.72. The Balaban J connectivity index is 3.26. The van der Waals surface area contributed by atoms with E-state index in [1.807, 2.05) is 26.8 Å². The first kappa shape index (κ1) is 28.9. The Morgan fingerprint density at radius 2 is 1.28 bits per heavy atom. The number of hydrogen-bond donors (Lipinski definition) is 0. The van der Waals surface area contributed by atoms with E-state index in [1.54, 1.807) is 0 Å². The predicted molar refractivity (Wildman–Crippen MR) is 134 cm³/mol. The Morgan fingerprint density at radius 1 is 0.750 bits per heavy atom. The molecule has 4 heteroatoms. The number of ether oxygens (including phenoxy) is 4. The van der Waals surface area contributed by atoms with Gasteiger partial charge in [-0.15, -0.1) is 0 Å². The van der Waals surface area contributed by atoms with Gasteiger partial charge in [0.15, 0.2) is 0 Å². The Kier molecular flexibility index (Phi) is 13.5. The van der Waals surface area contributed by atoms with Crippen molar-refractivity contribution in [3.63, 3.8) is 0 Å². The van der Waals surface area contributed by atoms with Gasteiger partial charge < -0.3 is 18.9 Å². The van der Waals surface area contributed by atoms with Gasteiger partial charge in [-0.25, -0.2) is 0 Å². The van der Waals surface area contributed by atoms with Crippen LogP contribution in [0.3, 0.4) is 0 Å². The molecule has 0 amide bonds. The van der Waals surface area contributed by atoms with E-state index >= 15 is 0 Å². The van der Waals surface area contributed by atoms with Gasteiger partial charge in [0.05, 0.1) is 0 Å². The summed E-state index contributed by atoms with van der Waals surface area (Å²) in [5, 5.41) is 0. The summed E-state index contributed by atoms with van der Waals surface area (Å²) in [6, 6.07) is 8.38. The fourth-order valence-electron chi connectivity index (χ4n) is 4.42. The van der Waals surface area contributed by atoms with Gasteiger partial charge in [0.1, 0.15) is 11.4 Å². The second kappa shape index (κ2) is 14.9. The number of rotatable bonds is 17. The molecule has 0 spiro atoms. The van der Waals surface area contributed by atoms with Crippen molar-refractivity contribution in [3.05, 3.63) is 29.8 Å². The molecule has 0 N–H and O–H groups in total. The molecule has 4 nitrogen and oxygen atoms in total. The van der Waals surface area contributed by atoms with E-state index in [-0.39, 0.29) is 17.4 Å². The van der Waals surface area contributed by atoms with Crippen LogP contribution in [-0.2, 0) is 14.2 Å². The molecule has 1 aromatic rings. The van der Waals surface area contributed by atoms with Crippen molar-refractivity contribution in [2.75, 3.05) is 19.8 Å². The van der Waals surface area contributed by atoms with E-state index in [4.69, 9.17) is 18.9 Å². The zero-order valence-corrected chi connectivity index (χ0v) is 22.2. The molecule has 0 radical (unpaired) electrons. The van der Waals surface area contributed by atoms with Gasteiger partial charge in [0.25, 0.3) is 5.97 Å². The van der Waals surface area contributed by atoms with Gasteiger partial charge in [-0.05, 0) is 65.5 Å². The maximum absolute atomic E-state index is 6.34. The summed E-state index contributed by atoms with van der Waals surface area (Å²) < 4.78 is 25.1. The van der Waals surface area contributed by atoms with E-state index in [0.29, 0.717) is 19.8 Å². The molecule has 0 saturated carbocycles. The molecule has 0 aliphatic heterocycles. The van der Waals surface area contributed by atoms with Gasteiger partial charge in [-0.2, -0.15) is 0 Å². The summed E-state index contributed by atoms with van der Waals surface area (Å²) in [5.41, 5.74) is 0.920. The lowest BCUT2D eigenvalue weighted by molar-refractivity contribution is -0.404. The van der Waals surface area contributed by atoms with Crippen LogP contribution in [0.5, 0.6) is 5.75 Å². The van der Waals surface area contributed by atoms with E-state index in [9.17, 15) is 0 Å². The molecule has 1 rings (SSSR count). The van der Waals surface area contributed by atoms with Gasteiger partial charge in [-0.3, -0.25) is 0 Å². The van der Waals surface area contributed by atoms with Gasteiger partial charge >= 0.3 is 0 Å². The minimum atomic E-state index is -1.05. The molecule has 0 heterocycles. The molecule has 2 unspecified atom stereocenters. The molecule has 0 aliphatic rings. The average molecular weight is 451 g/mol. The van der Waals surface area contributed by atoms with Crippen LogP contribution in [-0.4, -0.2) is 31.4 Å². The third-order valence-electron chi connectivity index (χ3n) is 5.79. The van der Waals surface area contributed by atoms with Gasteiger partial charge in [-0.1, -0.05) is 70.6 Å². The zero-order valence-electron chi connectivity index (χ0n) is 22.2. The molecular formula is C28H50O4. The molecule has 0 saturated heterocycles. The first-order valence-electron chi connectivity index (χ1n) is 12.9. The Morgan fingerprint density at radius 3 is 1.81 bits per heavy atom. The third kappa shape index (κ3) is 9.41. The lowest BCUT2D eigenvalue weighted by Gasteiger charge is -2.42. The molecule has 1 aromatic carbocycles. The van der Waals surface area contributed by atoms with Crippen LogP contribution < -0.4 is 4.74 Å². The summed E-state index contributed by atoms with van der Waals surface area (Å²) in [6.45, 7) is 18.4. The maximum atomic E-state index is 6.34. The largest absolute Gasteiger partial charge is 0.488 e. The number of benzene rings is 1. The minimum absolute atomic E-state index is 0.0539. The van der Waals surface area contributed by atoms with Crippen LogP contribution in [0.25, 0.3) is 0 Å². The van der Waals surface area contributed by atoms with Crippen LogP contribution in [0, 0.1) is 5.92 Å². The van der Waals surface area contributed by atoms with Crippen LogP contribution >= 0.6 is 0 Å². The lowest BCUT2D eigenvalue weighted by atomic mass is 9.81. The SMILES string of the molecule is CCCCCCCCC(C(C)c1ccccc1OC(C)(C)C)C(OCC)(OCC)OCC. The second-order valence-corrected chi connectivity index (χ2v) is 9.61. The van der Waals surface area contributed by atoms with E-state index in [1.165, 1.54) is 37.7 Å². The quantitative estimate of drug-likeness (QED) is 0.177. The Hall–Kier alpha value is -1.10. The highest BCUT2D eigenvalue weighted by Crippen LogP contribution is 2.43. The summed E-state index contributed by atoms with van der Waals surface area (Å²) >= 11 is 0. The summed E-state index contributed by atoms with van der Waals surface area (Å²) in [6.07, 6.45) is 8.53. The molecule has 0 fully saturated rings. The van der Waals surface area contributed by atoms with Crippen LogP contribution in [0.15, 0.2) is 24.3 Å². The summed E-state index contributed by atoms with van der Waals surface area (Å²) in [7, 11) is 0. The predicted octanol–water partition coefficient (Wildman–Crippen LogP) is 8.10. The summed E-state index contributed by atoms with van der Waals surface area (Å²) in [4.78, 5) is 0. The van der Waals surface area contributed by atoms with E-state index in [0.717, 1.165) is 18.6 Å². The smallest absolute Gasteiger partial charge is 0.286 e. The normalized spacial score (nSPS) is 14.4. The van der Waals surface area contributed by atoms with Crippen molar-refractivity contribution in [1.82, 2.24) is 0 Å². The molecule has 0 aromatic heterocycles. The molecule has 2 atom stereocenters. The fraction of sp³-hybridized carbons (Fsp3) is 0.786. The van der Waals surface area contributed by atoms with Crippen molar-refractivity contribution < 1.29 is 18.9 Å². The Labute approximate surface area is 198 Å². The minimum Gasteiger partial charge on any atom is -0.488 e. The monoisotopic (exact) mass is 450 g/mol. The third-order valence-corrected chi connectivity index (χ3v) is 5.79. The van der Waals surface area contributed by atoms with Gasteiger partial charge in [0.2, 0.25) is 0 Å². The lowest BCUT2D eigenvalue weighted by Crippen LogP contribution is -2.48. The van der Waals surface area contributed by atoms with Crippen molar-refractivity contribution >= 4 is 0 Å². The summed E-state index contributed by atoms with van der Waals surface area (Å²) in [5.74, 6) is 0.0848. The molecular weight excluding hydrogens is 400 g/mol. The van der Waals surface area contributed by atoms with Crippen molar-refractivity contribution in [2.45, 2.75) is 118 Å². The fourth-order valence-corrected chi connectivity index (χ4v) is 4.42. The number of hydrogen-bond acceptors (Lipinski definition) is 4. The molecule has 0 aliphatic carbocycles. The first-order chi connectivity index (χ1) is 15.2. The standard InChI is InChI=1S/C28H50O4/c1-9-13-14-15-16-17-21-25(28(29-10-2,30-11-3)31-12-4)23(5)24-20-18-19-22-26(24)32-27(6,7)8/h18-20,22-23,25H,9-17,21H2,1-8H3. The zero-order chi connectivity index (χ0) is 24.0. The van der Waals surface area contributed by atoms with Crippen molar-refractivity contribution in [3.8, 4) is 5.75 Å². The number of unbranched alkanes of at least 4 members (excludes halogenated alkanes) is 5. The van der Waals surface area contributed by atoms with Crippen molar-refractivity contribution in [1.29, 1.82) is 0 Å². The van der Waals surface area contributed by atoms with Crippen LogP contribution in [0.2, 0.25) is 0 Å². The first-order valence-corrected chi connectivity index (χ1v) is 12.9. The molecule has 0 bridgehead atoms.